The first kappa shape index (κ1) is 13.0. The normalized spacial score (nSPS) is 13.4. The molecular weight excluding hydrogens is 292 g/mol. The number of fused-ring (bicyclic) bond motifs is 1. The Morgan fingerprint density at radius 1 is 1.55 bits per heavy atom. The first-order chi connectivity index (χ1) is 9.69. The third-order valence-corrected chi connectivity index (χ3v) is 4.49. The van der Waals surface area contributed by atoms with E-state index in [1.165, 1.54) is 22.7 Å². The van der Waals surface area contributed by atoms with Gasteiger partial charge in [0.15, 0.2) is 5.49 Å². The van der Waals surface area contributed by atoms with Crippen molar-refractivity contribution in [2.24, 2.45) is 0 Å². The highest BCUT2D eigenvalue weighted by Gasteiger charge is 2.09. The van der Waals surface area contributed by atoms with Gasteiger partial charge in [-0.3, -0.25) is 15.3 Å². The summed E-state index contributed by atoms with van der Waals surface area (Å²) in [5.41, 5.74) is -0.220. The van der Waals surface area contributed by atoms with E-state index in [-0.39, 0.29) is 11.0 Å². The van der Waals surface area contributed by atoms with E-state index in [1.54, 1.807) is 10.8 Å². The Kier molecular flexibility index (Phi) is 3.37. The second-order valence-corrected chi connectivity index (χ2v) is 6.14. The predicted molar refractivity (Wildman–Crippen MR) is 81.0 cm³/mol. The summed E-state index contributed by atoms with van der Waals surface area (Å²) in [5.74, 6) is 0. The van der Waals surface area contributed by atoms with Crippen LogP contribution in [0.25, 0.3) is 17.3 Å². The van der Waals surface area contributed by atoms with Crippen molar-refractivity contribution in [3.05, 3.63) is 48.1 Å². The fourth-order valence-electron chi connectivity index (χ4n) is 1.84. The summed E-state index contributed by atoms with van der Waals surface area (Å²) in [4.78, 5) is 17.0. The van der Waals surface area contributed by atoms with Crippen LogP contribution in [0.4, 0.5) is 0 Å². The number of aromatic nitrogens is 3. The molecule has 3 rings (SSSR count). The van der Waals surface area contributed by atoms with Crippen LogP contribution < -0.4 is 20.9 Å². The zero-order valence-corrected chi connectivity index (χ0v) is 12.3. The Labute approximate surface area is 122 Å². The second-order valence-electron chi connectivity index (χ2n) is 4.15. The fraction of sp³-hybridized carbons (Fsp3) is 0.154. The maximum atomic E-state index is 12.1. The van der Waals surface area contributed by atoms with E-state index >= 15 is 0 Å². The van der Waals surface area contributed by atoms with Gasteiger partial charge in [-0.15, -0.1) is 11.3 Å². The molecule has 0 aromatic carbocycles. The predicted octanol–water partition coefficient (Wildman–Crippen LogP) is 0.620. The molecule has 102 valence electrons. The third-order valence-electron chi connectivity index (χ3n) is 2.74. The smallest absolute Gasteiger partial charge is 0.282 e. The van der Waals surface area contributed by atoms with Crippen LogP contribution in [0.5, 0.6) is 0 Å². The van der Waals surface area contributed by atoms with E-state index in [2.05, 4.69) is 10.1 Å². The average Bonchev–Trinajstić information content (AvgIpc) is 3.04. The first-order valence-corrected chi connectivity index (χ1v) is 7.80. The Morgan fingerprint density at radius 2 is 2.40 bits per heavy atom. The van der Waals surface area contributed by atoms with Crippen LogP contribution in [-0.4, -0.2) is 14.8 Å². The Morgan fingerprint density at radius 3 is 3.10 bits per heavy atom. The Hall–Kier alpha value is -1.99. The van der Waals surface area contributed by atoms with Crippen LogP contribution in [0.1, 0.15) is 18.2 Å². The van der Waals surface area contributed by atoms with Crippen molar-refractivity contribution in [1.82, 2.24) is 14.8 Å². The molecule has 1 aromatic rings. The molecule has 0 aliphatic carbocycles. The van der Waals surface area contributed by atoms with E-state index < -0.39 is 0 Å². The molecule has 0 fully saturated rings. The van der Waals surface area contributed by atoms with Crippen LogP contribution in [0, 0.1) is 5.41 Å². The van der Waals surface area contributed by atoms with Gasteiger partial charge in [-0.1, -0.05) is 24.3 Å². The molecule has 2 aliphatic rings. The monoisotopic (exact) mass is 304 g/mol. The molecule has 20 heavy (non-hydrogen) atoms. The first-order valence-electron chi connectivity index (χ1n) is 6.11. The van der Waals surface area contributed by atoms with Gasteiger partial charge in [-0.2, -0.15) is 4.98 Å². The van der Waals surface area contributed by atoms with E-state index in [0.717, 1.165) is 16.0 Å². The number of rotatable bonds is 2. The molecule has 2 aliphatic heterocycles. The quantitative estimate of drug-likeness (QED) is 0.728. The van der Waals surface area contributed by atoms with E-state index in [1.807, 2.05) is 30.5 Å². The third kappa shape index (κ3) is 2.25. The molecule has 0 bridgehead atoms. The summed E-state index contributed by atoms with van der Waals surface area (Å²) < 4.78 is 2.45. The van der Waals surface area contributed by atoms with Gasteiger partial charge in [-0.25, -0.2) is 4.68 Å². The highest BCUT2D eigenvalue weighted by molar-refractivity contribution is 7.11. The highest BCUT2D eigenvalue weighted by atomic mass is 32.1. The standard InChI is InChI=1S/C13H12N4OS2/c1-2-4-10-16-17-11(14)9(7-8-5-3-6-19-8)12(18)15-13(17)20-10/h3-7,14,16H,2H2,1H3. The molecule has 0 saturated heterocycles. The van der Waals surface area contributed by atoms with Crippen molar-refractivity contribution in [1.29, 1.82) is 5.41 Å². The molecule has 0 saturated carbocycles. The largest absolute Gasteiger partial charge is 0.283 e. The Balaban J connectivity index is 2.36. The van der Waals surface area contributed by atoms with Crippen LogP contribution in [0.3, 0.4) is 0 Å². The number of hydrogen-bond donors (Lipinski definition) is 2. The maximum Gasteiger partial charge on any atom is 0.283 e. The summed E-state index contributed by atoms with van der Waals surface area (Å²) in [6.07, 6.45) is 4.60. The van der Waals surface area contributed by atoms with E-state index in [4.69, 9.17) is 5.41 Å². The van der Waals surface area contributed by atoms with Crippen molar-refractivity contribution >= 4 is 34.8 Å². The van der Waals surface area contributed by atoms with Crippen molar-refractivity contribution in [3.63, 3.8) is 0 Å². The zero-order chi connectivity index (χ0) is 14.1. The number of aromatic amines is 1. The topological polar surface area (TPSA) is 74.5 Å². The summed E-state index contributed by atoms with van der Waals surface area (Å²) in [5, 5.41) is 14.0. The number of nitrogens with zero attached hydrogens (tertiary/aromatic N) is 2. The van der Waals surface area contributed by atoms with Gasteiger partial charge in [0, 0.05) is 4.88 Å². The molecule has 0 radical (unpaired) electrons. The van der Waals surface area contributed by atoms with E-state index in [9.17, 15) is 4.79 Å². The molecule has 5 nitrogen and oxygen atoms in total. The van der Waals surface area contributed by atoms with Gasteiger partial charge < -0.3 is 0 Å². The summed E-state index contributed by atoms with van der Waals surface area (Å²) in [7, 11) is 0. The average molecular weight is 304 g/mol. The maximum absolute atomic E-state index is 12.1. The van der Waals surface area contributed by atoms with Gasteiger partial charge in [0.1, 0.15) is 4.66 Å². The van der Waals surface area contributed by atoms with Crippen molar-refractivity contribution in [2.45, 2.75) is 13.3 Å². The highest BCUT2D eigenvalue weighted by Crippen LogP contribution is 2.08. The van der Waals surface area contributed by atoms with Crippen molar-refractivity contribution in [3.8, 4) is 5.13 Å². The van der Waals surface area contributed by atoms with Gasteiger partial charge in [-0.05, 0) is 30.0 Å². The van der Waals surface area contributed by atoms with Gasteiger partial charge in [0.25, 0.3) is 5.56 Å². The van der Waals surface area contributed by atoms with Gasteiger partial charge >= 0.3 is 0 Å². The lowest BCUT2D eigenvalue weighted by Crippen LogP contribution is -2.47. The molecule has 0 unspecified atom stereocenters. The van der Waals surface area contributed by atoms with Crippen LogP contribution in [0.2, 0.25) is 0 Å². The number of nitrogens with one attached hydrogen (secondary N) is 2. The van der Waals surface area contributed by atoms with E-state index in [0.29, 0.717) is 10.4 Å². The zero-order valence-electron chi connectivity index (χ0n) is 10.7. The molecule has 3 heterocycles. The Bertz CT molecular complexity index is 930. The van der Waals surface area contributed by atoms with Crippen molar-refractivity contribution < 1.29 is 0 Å². The fourth-order valence-corrected chi connectivity index (χ4v) is 3.43. The van der Waals surface area contributed by atoms with Crippen LogP contribution >= 0.6 is 22.7 Å². The number of hydrogen-bond acceptors (Lipinski definition) is 5. The van der Waals surface area contributed by atoms with Gasteiger partial charge in [0.2, 0.25) is 5.13 Å². The molecule has 0 atom stereocenters. The molecule has 1 aromatic heterocycles. The lowest BCUT2D eigenvalue weighted by atomic mass is 10.3. The molecule has 7 heteroatoms. The minimum atomic E-state index is -0.360. The molecular formula is C13H12N4OS2. The second kappa shape index (κ2) is 5.18. The molecule has 0 amide bonds. The molecule has 0 spiro atoms. The lowest BCUT2D eigenvalue weighted by molar-refractivity contribution is 0.750. The van der Waals surface area contributed by atoms with Crippen molar-refractivity contribution in [2.75, 3.05) is 0 Å². The summed E-state index contributed by atoms with van der Waals surface area (Å²) >= 11 is 2.90. The van der Waals surface area contributed by atoms with Crippen LogP contribution in [0.15, 0.2) is 22.3 Å². The minimum Gasteiger partial charge on any atom is -0.282 e. The summed E-state index contributed by atoms with van der Waals surface area (Å²) in [6, 6.07) is 3.82. The van der Waals surface area contributed by atoms with Crippen LogP contribution in [-0.2, 0) is 0 Å². The number of thiophene rings is 1. The minimum absolute atomic E-state index is 0.139. The SMILES string of the molecule is CCC=c1[nH]n2c(=N)c(=Cc3cccs3)c(=O)nc-2s1. The lowest BCUT2D eigenvalue weighted by Gasteiger charge is -1.98. The van der Waals surface area contributed by atoms with Gasteiger partial charge in [0.05, 0.1) is 5.22 Å². The number of H-pyrrole nitrogens is 1. The molecule has 2 N–H and O–H groups in total. The summed E-state index contributed by atoms with van der Waals surface area (Å²) in [6.45, 7) is 2.03.